The Morgan fingerprint density at radius 2 is 1.89 bits per heavy atom. The molecule has 0 fully saturated rings. The zero-order chi connectivity index (χ0) is 12.7. The SMILES string of the molecule is Cc1ccc2c(c1)-c1ccc(F)cc1C(=O)CO2. The molecule has 0 N–H and O–H groups in total. The minimum absolute atomic E-state index is 0.0491. The molecule has 0 aliphatic carbocycles. The Balaban J connectivity index is 2.32. The molecule has 0 unspecified atom stereocenters. The predicted octanol–water partition coefficient (Wildman–Crippen LogP) is 3.38. The van der Waals surface area contributed by atoms with Crippen molar-refractivity contribution in [3.8, 4) is 16.9 Å². The maximum atomic E-state index is 13.3. The fraction of sp³-hybridized carbons (Fsp3) is 0.133. The van der Waals surface area contributed by atoms with Gasteiger partial charge in [0.1, 0.15) is 11.6 Å². The van der Waals surface area contributed by atoms with Crippen molar-refractivity contribution in [2.24, 2.45) is 0 Å². The van der Waals surface area contributed by atoms with Gasteiger partial charge in [0, 0.05) is 11.1 Å². The van der Waals surface area contributed by atoms with Crippen LogP contribution in [0.1, 0.15) is 15.9 Å². The van der Waals surface area contributed by atoms with E-state index >= 15 is 0 Å². The van der Waals surface area contributed by atoms with Gasteiger partial charge in [0.05, 0.1) is 0 Å². The average molecular weight is 242 g/mol. The first-order valence-corrected chi connectivity index (χ1v) is 5.72. The number of hydrogen-bond donors (Lipinski definition) is 0. The van der Waals surface area contributed by atoms with Crippen molar-refractivity contribution in [2.45, 2.75) is 6.92 Å². The molecule has 0 saturated carbocycles. The van der Waals surface area contributed by atoms with Crippen molar-refractivity contribution in [2.75, 3.05) is 6.61 Å². The van der Waals surface area contributed by atoms with Gasteiger partial charge in [0.2, 0.25) is 5.78 Å². The number of carbonyl (C=O) groups excluding carboxylic acids is 1. The van der Waals surface area contributed by atoms with E-state index in [-0.39, 0.29) is 12.4 Å². The van der Waals surface area contributed by atoms with Gasteiger partial charge in [0.25, 0.3) is 0 Å². The largest absolute Gasteiger partial charge is 0.485 e. The summed E-state index contributed by atoms with van der Waals surface area (Å²) in [5, 5.41) is 0. The van der Waals surface area contributed by atoms with Crippen LogP contribution in [-0.2, 0) is 0 Å². The molecule has 1 aliphatic heterocycles. The number of benzene rings is 2. The molecule has 18 heavy (non-hydrogen) atoms. The number of carbonyl (C=O) groups is 1. The summed E-state index contributed by atoms with van der Waals surface area (Å²) < 4.78 is 18.7. The van der Waals surface area contributed by atoms with Crippen LogP contribution in [-0.4, -0.2) is 12.4 Å². The van der Waals surface area contributed by atoms with E-state index in [0.717, 1.165) is 16.7 Å². The summed E-state index contributed by atoms with van der Waals surface area (Å²) in [5.74, 6) is 0.0656. The second-order valence-corrected chi connectivity index (χ2v) is 4.40. The summed E-state index contributed by atoms with van der Waals surface area (Å²) in [4.78, 5) is 11.9. The molecule has 0 amide bonds. The highest BCUT2D eigenvalue weighted by Gasteiger charge is 2.21. The Morgan fingerprint density at radius 1 is 1.06 bits per heavy atom. The number of hydrogen-bond acceptors (Lipinski definition) is 2. The Morgan fingerprint density at radius 3 is 2.72 bits per heavy atom. The Hall–Kier alpha value is -2.16. The van der Waals surface area contributed by atoms with Crippen molar-refractivity contribution in [1.29, 1.82) is 0 Å². The van der Waals surface area contributed by atoms with Gasteiger partial charge >= 0.3 is 0 Å². The summed E-state index contributed by atoms with van der Waals surface area (Å²) in [7, 11) is 0. The third-order valence-corrected chi connectivity index (χ3v) is 3.07. The summed E-state index contributed by atoms with van der Waals surface area (Å²) in [6, 6.07) is 10.00. The van der Waals surface area contributed by atoms with Crippen LogP contribution in [0.5, 0.6) is 5.75 Å². The van der Waals surface area contributed by atoms with E-state index in [1.54, 1.807) is 6.07 Å². The fourth-order valence-corrected chi connectivity index (χ4v) is 2.18. The fourth-order valence-electron chi connectivity index (χ4n) is 2.18. The van der Waals surface area contributed by atoms with Gasteiger partial charge in [-0.15, -0.1) is 0 Å². The van der Waals surface area contributed by atoms with E-state index in [0.29, 0.717) is 11.3 Å². The highest BCUT2D eigenvalue weighted by Crippen LogP contribution is 2.36. The molecule has 0 aromatic heterocycles. The lowest BCUT2D eigenvalue weighted by molar-refractivity contribution is 0.0925. The maximum absolute atomic E-state index is 13.3. The first-order chi connectivity index (χ1) is 8.65. The second-order valence-electron chi connectivity index (χ2n) is 4.40. The third kappa shape index (κ3) is 1.68. The maximum Gasteiger partial charge on any atom is 0.200 e. The van der Waals surface area contributed by atoms with Crippen LogP contribution in [0.3, 0.4) is 0 Å². The summed E-state index contributed by atoms with van der Waals surface area (Å²) in [5.41, 5.74) is 3.04. The van der Waals surface area contributed by atoms with Crippen LogP contribution < -0.4 is 4.74 Å². The van der Waals surface area contributed by atoms with Gasteiger partial charge < -0.3 is 4.74 Å². The molecular formula is C15H11FO2. The Bertz CT molecular complexity index is 647. The number of ketones is 1. The van der Waals surface area contributed by atoms with Crippen molar-refractivity contribution in [1.82, 2.24) is 0 Å². The Kier molecular flexibility index (Phi) is 2.40. The number of ether oxygens (including phenoxy) is 1. The smallest absolute Gasteiger partial charge is 0.200 e. The van der Waals surface area contributed by atoms with Crippen LogP contribution in [0.15, 0.2) is 36.4 Å². The number of rotatable bonds is 0. The van der Waals surface area contributed by atoms with Gasteiger partial charge in [-0.3, -0.25) is 4.79 Å². The quantitative estimate of drug-likeness (QED) is 0.708. The lowest BCUT2D eigenvalue weighted by atomic mass is 9.96. The standard InChI is InChI=1S/C15H11FO2/c1-9-2-5-15-13(6-9)11-4-3-10(16)7-12(11)14(17)8-18-15/h2-7H,8H2,1H3. The van der Waals surface area contributed by atoms with E-state index < -0.39 is 5.82 Å². The summed E-state index contributed by atoms with van der Waals surface area (Å²) in [6.07, 6.45) is 0. The molecule has 0 bridgehead atoms. The molecule has 2 nitrogen and oxygen atoms in total. The van der Waals surface area contributed by atoms with Gasteiger partial charge in [-0.1, -0.05) is 17.7 Å². The normalized spacial score (nSPS) is 13.3. The van der Waals surface area contributed by atoms with Gasteiger partial charge in [-0.25, -0.2) is 4.39 Å². The molecule has 3 rings (SSSR count). The zero-order valence-electron chi connectivity index (χ0n) is 9.87. The van der Waals surface area contributed by atoms with Crippen molar-refractivity contribution in [3.63, 3.8) is 0 Å². The molecule has 90 valence electrons. The molecule has 1 aliphatic rings. The van der Waals surface area contributed by atoms with Gasteiger partial charge in [-0.05, 0) is 36.8 Å². The van der Waals surface area contributed by atoms with Crippen LogP contribution in [0.25, 0.3) is 11.1 Å². The van der Waals surface area contributed by atoms with E-state index in [1.165, 1.54) is 12.1 Å². The molecule has 0 saturated heterocycles. The Labute approximate surface area is 104 Å². The van der Waals surface area contributed by atoms with E-state index in [9.17, 15) is 9.18 Å². The molecule has 1 heterocycles. The average Bonchev–Trinajstić information content (AvgIpc) is 2.48. The first-order valence-electron chi connectivity index (χ1n) is 5.72. The van der Waals surface area contributed by atoms with Crippen molar-refractivity contribution in [3.05, 3.63) is 53.3 Å². The highest BCUT2D eigenvalue weighted by atomic mass is 19.1. The molecule has 0 atom stereocenters. The minimum Gasteiger partial charge on any atom is -0.485 e. The van der Waals surface area contributed by atoms with Crippen LogP contribution in [0.2, 0.25) is 0 Å². The van der Waals surface area contributed by atoms with Crippen LogP contribution in [0.4, 0.5) is 4.39 Å². The topological polar surface area (TPSA) is 26.3 Å². The molecule has 2 aromatic carbocycles. The van der Waals surface area contributed by atoms with E-state index in [1.807, 2.05) is 25.1 Å². The molecule has 3 heteroatoms. The van der Waals surface area contributed by atoms with Gasteiger partial charge in [0.15, 0.2) is 6.61 Å². The number of fused-ring (bicyclic) bond motifs is 3. The lowest BCUT2D eigenvalue weighted by Crippen LogP contribution is -2.09. The molecule has 2 aromatic rings. The van der Waals surface area contributed by atoms with Crippen molar-refractivity contribution >= 4 is 5.78 Å². The first kappa shape index (κ1) is 11.0. The summed E-state index contributed by atoms with van der Waals surface area (Å²) in [6.45, 7) is 1.92. The predicted molar refractivity (Wildman–Crippen MR) is 66.4 cm³/mol. The third-order valence-electron chi connectivity index (χ3n) is 3.07. The van der Waals surface area contributed by atoms with Gasteiger partial charge in [-0.2, -0.15) is 0 Å². The van der Waals surface area contributed by atoms with Crippen LogP contribution >= 0.6 is 0 Å². The van der Waals surface area contributed by atoms with E-state index in [4.69, 9.17) is 4.74 Å². The molecular weight excluding hydrogens is 231 g/mol. The number of aryl methyl sites for hydroxylation is 1. The number of Topliss-reactive ketones (excluding diaryl/α,β-unsaturated/α-hetero) is 1. The van der Waals surface area contributed by atoms with Crippen LogP contribution in [0, 0.1) is 12.7 Å². The molecule has 0 radical (unpaired) electrons. The number of halogens is 1. The summed E-state index contributed by atoms with van der Waals surface area (Å²) >= 11 is 0. The second kappa shape index (κ2) is 3.95. The zero-order valence-corrected chi connectivity index (χ0v) is 9.87. The highest BCUT2D eigenvalue weighted by molar-refractivity contribution is 6.05. The lowest BCUT2D eigenvalue weighted by Gasteiger charge is -2.08. The van der Waals surface area contributed by atoms with Crippen molar-refractivity contribution < 1.29 is 13.9 Å². The molecule has 0 spiro atoms. The monoisotopic (exact) mass is 242 g/mol. The minimum atomic E-state index is -0.404. The van der Waals surface area contributed by atoms with E-state index in [2.05, 4.69) is 0 Å².